The van der Waals surface area contributed by atoms with Crippen molar-refractivity contribution in [2.24, 2.45) is 0 Å². The molecule has 1 amide bonds. The molecular weight excluding hydrogens is 276 g/mol. The van der Waals surface area contributed by atoms with E-state index in [-0.39, 0.29) is 6.09 Å². The van der Waals surface area contributed by atoms with Gasteiger partial charge in [-0.05, 0) is 51.3 Å². The third kappa shape index (κ3) is 4.79. The van der Waals surface area contributed by atoms with E-state index in [4.69, 9.17) is 4.74 Å². The Morgan fingerprint density at radius 2 is 1.77 bits per heavy atom. The second-order valence-electron chi connectivity index (χ2n) is 6.64. The van der Waals surface area contributed by atoms with Crippen LogP contribution in [-0.2, 0) is 4.74 Å². The minimum absolute atomic E-state index is 0.204. The van der Waals surface area contributed by atoms with Gasteiger partial charge in [0.2, 0.25) is 0 Å². The van der Waals surface area contributed by atoms with Gasteiger partial charge in [-0.25, -0.2) is 4.79 Å². The highest BCUT2D eigenvalue weighted by atomic mass is 16.6. The summed E-state index contributed by atoms with van der Waals surface area (Å²) in [5.74, 6) is 0. The lowest BCUT2D eigenvalue weighted by Gasteiger charge is -2.31. The molecule has 0 bridgehead atoms. The second-order valence-corrected chi connectivity index (χ2v) is 6.64. The SMILES string of the molecule is CNc1ccc(C=C2CCN(C(=O)OC(C)(C)C)CC2)cc1. The highest BCUT2D eigenvalue weighted by Crippen LogP contribution is 2.22. The van der Waals surface area contributed by atoms with Crippen molar-refractivity contribution in [3.05, 3.63) is 35.4 Å². The summed E-state index contributed by atoms with van der Waals surface area (Å²) in [5, 5.41) is 3.12. The molecule has 0 saturated carbocycles. The first-order valence-corrected chi connectivity index (χ1v) is 7.82. The maximum atomic E-state index is 12.0. The first kappa shape index (κ1) is 16.4. The number of hydrogen-bond donors (Lipinski definition) is 1. The average molecular weight is 302 g/mol. The van der Waals surface area contributed by atoms with Crippen molar-refractivity contribution in [3.63, 3.8) is 0 Å². The van der Waals surface area contributed by atoms with E-state index >= 15 is 0 Å². The molecule has 1 aromatic carbocycles. The molecule has 2 rings (SSSR count). The van der Waals surface area contributed by atoms with Crippen LogP contribution in [0.5, 0.6) is 0 Å². The molecule has 1 N–H and O–H groups in total. The first-order chi connectivity index (χ1) is 10.4. The molecule has 0 aliphatic carbocycles. The highest BCUT2D eigenvalue weighted by Gasteiger charge is 2.24. The number of likely N-dealkylation sites (tertiary alicyclic amines) is 1. The Morgan fingerprint density at radius 3 is 2.27 bits per heavy atom. The van der Waals surface area contributed by atoms with Gasteiger partial charge in [0, 0.05) is 25.8 Å². The van der Waals surface area contributed by atoms with E-state index in [9.17, 15) is 4.79 Å². The number of carbonyl (C=O) groups excluding carboxylic acids is 1. The number of ether oxygens (including phenoxy) is 1. The molecule has 0 aromatic heterocycles. The molecule has 22 heavy (non-hydrogen) atoms. The molecule has 1 saturated heterocycles. The molecule has 1 aliphatic rings. The van der Waals surface area contributed by atoms with Crippen molar-refractivity contribution in [3.8, 4) is 0 Å². The summed E-state index contributed by atoms with van der Waals surface area (Å²) < 4.78 is 5.42. The summed E-state index contributed by atoms with van der Waals surface area (Å²) in [6.07, 6.45) is 3.84. The summed E-state index contributed by atoms with van der Waals surface area (Å²) in [4.78, 5) is 13.8. The van der Waals surface area contributed by atoms with Crippen molar-refractivity contribution in [2.45, 2.75) is 39.2 Å². The molecule has 1 heterocycles. The van der Waals surface area contributed by atoms with E-state index in [2.05, 4.69) is 35.7 Å². The van der Waals surface area contributed by atoms with Crippen LogP contribution in [0.2, 0.25) is 0 Å². The van der Waals surface area contributed by atoms with Gasteiger partial charge in [0.15, 0.2) is 0 Å². The van der Waals surface area contributed by atoms with Crippen molar-refractivity contribution in [1.29, 1.82) is 0 Å². The summed E-state index contributed by atoms with van der Waals surface area (Å²) in [6.45, 7) is 7.16. The fraction of sp³-hybridized carbons (Fsp3) is 0.500. The van der Waals surface area contributed by atoms with E-state index in [1.54, 1.807) is 4.90 Å². The van der Waals surface area contributed by atoms with Crippen LogP contribution in [-0.4, -0.2) is 36.7 Å². The molecule has 4 nitrogen and oxygen atoms in total. The topological polar surface area (TPSA) is 41.6 Å². The Bertz CT molecular complexity index is 531. The normalized spacial score (nSPS) is 15.5. The van der Waals surface area contributed by atoms with Gasteiger partial charge in [0.25, 0.3) is 0 Å². The van der Waals surface area contributed by atoms with Gasteiger partial charge >= 0.3 is 6.09 Å². The zero-order chi connectivity index (χ0) is 16.2. The highest BCUT2D eigenvalue weighted by molar-refractivity contribution is 5.68. The molecule has 1 fully saturated rings. The largest absolute Gasteiger partial charge is 0.444 e. The van der Waals surface area contributed by atoms with Gasteiger partial charge in [-0.15, -0.1) is 0 Å². The number of anilines is 1. The minimum atomic E-state index is -0.428. The number of hydrogen-bond acceptors (Lipinski definition) is 3. The van der Waals surface area contributed by atoms with Crippen molar-refractivity contribution in [2.75, 3.05) is 25.5 Å². The van der Waals surface area contributed by atoms with Crippen LogP contribution < -0.4 is 5.32 Å². The molecule has 1 aromatic rings. The van der Waals surface area contributed by atoms with Crippen LogP contribution in [0.25, 0.3) is 6.08 Å². The zero-order valence-electron chi connectivity index (χ0n) is 14.0. The Morgan fingerprint density at radius 1 is 1.18 bits per heavy atom. The average Bonchev–Trinajstić information content (AvgIpc) is 2.47. The fourth-order valence-corrected chi connectivity index (χ4v) is 2.43. The van der Waals surface area contributed by atoms with Crippen LogP contribution >= 0.6 is 0 Å². The van der Waals surface area contributed by atoms with Gasteiger partial charge in [-0.2, -0.15) is 0 Å². The zero-order valence-corrected chi connectivity index (χ0v) is 14.0. The maximum absolute atomic E-state index is 12.0. The van der Waals surface area contributed by atoms with E-state index in [0.717, 1.165) is 31.6 Å². The van der Waals surface area contributed by atoms with E-state index in [1.165, 1.54) is 11.1 Å². The summed E-state index contributed by atoms with van der Waals surface area (Å²) in [7, 11) is 1.92. The van der Waals surface area contributed by atoms with E-state index in [0.29, 0.717) is 0 Å². The van der Waals surface area contributed by atoms with Gasteiger partial charge in [-0.3, -0.25) is 0 Å². The van der Waals surface area contributed by atoms with Crippen LogP contribution in [0.15, 0.2) is 29.8 Å². The molecule has 0 radical (unpaired) electrons. The predicted molar refractivity (Wildman–Crippen MR) is 91.0 cm³/mol. The van der Waals surface area contributed by atoms with Crippen LogP contribution in [0, 0.1) is 0 Å². The number of benzene rings is 1. The third-order valence-corrected chi connectivity index (χ3v) is 3.63. The molecule has 0 unspecified atom stereocenters. The summed E-state index contributed by atoms with van der Waals surface area (Å²) in [5.41, 5.74) is 3.28. The lowest BCUT2D eigenvalue weighted by Crippen LogP contribution is -2.40. The van der Waals surface area contributed by atoms with Gasteiger partial charge < -0.3 is 15.0 Å². The monoisotopic (exact) mass is 302 g/mol. The Labute approximate surface area is 133 Å². The van der Waals surface area contributed by atoms with Crippen molar-refractivity contribution in [1.82, 2.24) is 4.90 Å². The predicted octanol–water partition coefficient (Wildman–Crippen LogP) is 4.14. The van der Waals surface area contributed by atoms with Crippen molar-refractivity contribution < 1.29 is 9.53 Å². The van der Waals surface area contributed by atoms with Gasteiger partial charge in [-0.1, -0.05) is 23.8 Å². The quantitative estimate of drug-likeness (QED) is 0.892. The van der Waals surface area contributed by atoms with Crippen LogP contribution in [0.4, 0.5) is 10.5 Å². The lowest BCUT2D eigenvalue weighted by molar-refractivity contribution is 0.0237. The number of nitrogens with zero attached hydrogens (tertiary/aromatic N) is 1. The molecule has 0 atom stereocenters. The smallest absolute Gasteiger partial charge is 0.410 e. The number of nitrogens with one attached hydrogen (secondary N) is 1. The Balaban J connectivity index is 1.91. The third-order valence-electron chi connectivity index (χ3n) is 3.63. The number of carbonyl (C=O) groups is 1. The van der Waals surface area contributed by atoms with E-state index in [1.807, 2.05) is 27.8 Å². The first-order valence-electron chi connectivity index (χ1n) is 7.82. The molecule has 4 heteroatoms. The Kier molecular flexibility index (Phi) is 5.11. The number of piperidine rings is 1. The molecule has 120 valence electrons. The van der Waals surface area contributed by atoms with Crippen LogP contribution in [0.1, 0.15) is 39.2 Å². The van der Waals surface area contributed by atoms with Gasteiger partial charge in [0.05, 0.1) is 0 Å². The Hall–Kier alpha value is -1.97. The molecule has 0 spiro atoms. The fourth-order valence-electron chi connectivity index (χ4n) is 2.43. The second kappa shape index (κ2) is 6.86. The number of rotatable bonds is 2. The molecule has 1 aliphatic heterocycles. The van der Waals surface area contributed by atoms with E-state index < -0.39 is 5.60 Å². The van der Waals surface area contributed by atoms with Crippen molar-refractivity contribution >= 4 is 17.9 Å². The van der Waals surface area contributed by atoms with Crippen LogP contribution in [0.3, 0.4) is 0 Å². The van der Waals surface area contributed by atoms with Gasteiger partial charge in [0.1, 0.15) is 5.60 Å². The summed E-state index contributed by atoms with van der Waals surface area (Å²) >= 11 is 0. The molecular formula is C18H26N2O2. The standard InChI is InChI=1S/C18H26N2O2/c1-18(2,3)22-17(21)20-11-9-15(10-12-20)13-14-5-7-16(19-4)8-6-14/h5-8,13,19H,9-12H2,1-4H3. The minimum Gasteiger partial charge on any atom is -0.444 e. The summed E-state index contributed by atoms with van der Waals surface area (Å²) in [6, 6.07) is 8.36. The maximum Gasteiger partial charge on any atom is 0.410 e. The lowest BCUT2D eigenvalue weighted by atomic mass is 10.0. The number of amides is 1.